The van der Waals surface area contributed by atoms with Crippen molar-refractivity contribution < 1.29 is 14.3 Å². The molecule has 2 amide bonds. The Hall–Kier alpha value is -2.10. The number of amides is 2. The van der Waals surface area contributed by atoms with E-state index in [1.807, 2.05) is 30.2 Å². The van der Waals surface area contributed by atoms with Crippen LogP contribution in [-0.4, -0.2) is 90.6 Å². The Kier molecular flexibility index (Phi) is 13.5. The van der Waals surface area contributed by atoms with Crippen LogP contribution < -0.4 is 4.90 Å². The van der Waals surface area contributed by atoms with Crippen molar-refractivity contribution in [1.29, 1.82) is 0 Å². The van der Waals surface area contributed by atoms with Crippen molar-refractivity contribution in [2.75, 3.05) is 57.8 Å². The minimum absolute atomic E-state index is 0. The number of rotatable bonds is 7. The number of carbonyl (C=O) groups is 2. The van der Waals surface area contributed by atoms with E-state index < -0.39 is 0 Å². The van der Waals surface area contributed by atoms with Crippen LogP contribution in [0.3, 0.4) is 0 Å². The van der Waals surface area contributed by atoms with Crippen molar-refractivity contribution in [1.82, 2.24) is 19.7 Å². The predicted molar refractivity (Wildman–Crippen MR) is 165 cm³/mol. The molecule has 222 valence electrons. The zero-order valence-electron chi connectivity index (χ0n) is 23.4. The van der Waals surface area contributed by atoms with Crippen LogP contribution in [0.4, 0.5) is 10.5 Å². The van der Waals surface area contributed by atoms with Gasteiger partial charge in [0.2, 0.25) is 0 Å². The van der Waals surface area contributed by atoms with E-state index >= 15 is 0 Å². The molecule has 1 atom stereocenters. The minimum Gasteiger partial charge on any atom is -0.466 e. The van der Waals surface area contributed by atoms with E-state index in [9.17, 15) is 9.59 Å². The van der Waals surface area contributed by atoms with E-state index in [0.717, 1.165) is 76.2 Å². The molecule has 5 rings (SSSR count). The molecule has 0 saturated carbocycles. The summed E-state index contributed by atoms with van der Waals surface area (Å²) in [4.78, 5) is 38.9. The van der Waals surface area contributed by atoms with Crippen LogP contribution in [-0.2, 0) is 22.4 Å². The molecular formula is C29H42Cl3N5O3. The number of halogens is 3. The van der Waals surface area contributed by atoms with Gasteiger partial charge in [0.15, 0.2) is 0 Å². The van der Waals surface area contributed by atoms with Crippen molar-refractivity contribution >= 4 is 54.9 Å². The van der Waals surface area contributed by atoms with Crippen LogP contribution in [0.25, 0.3) is 0 Å². The number of aromatic nitrogens is 1. The fraction of sp³-hybridized carbons (Fsp3) is 0.552. The second kappa shape index (κ2) is 15.8. The van der Waals surface area contributed by atoms with Crippen LogP contribution in [0.15, 0.2) is 42.7 Å². The molecule has 0 spiro atoms. The SMILES string of the molecule is CCOC(=O)CC(c1cccnc1)N1CCC(N2CCN(c3ccc4c(c3)CCN(C)CC4)C2=O)CC1.Cl.Cl.Cl. The molecule has 2 saturated heterocycles. The molecular weight excluding hydrogens is 573 g/mol. The largest absolute Gasteiger partial charge is 0.466 e. The predicted octanol–water partition coefficient (Wildman–Crippen LogP) is 4.78. The number of pyridine rings is 1. The number of ether oxygens (including phenoxy) is 1. The van der Waals surface area contributed by atoms with Crippen molar-refractivity contribution in [2.24, 2.45) is 0 Å². The van der Waals surface area contributed by atoms with E-state index in [1.54, 1.807) is 6.20 Å². The molecule has 0 aliphatic carbocycles. The molecule has 0 radical (unpaired) electrons. The molecule has 40 heavy (non-hydrogen) atoms. The average molecular weight is 615 g/mol. The Labute approximate surface area is 256 Å². The summed E-state index contributed by atoms with van der Waals surface area (Å²) in [5, 5.41) is 0. The molecule has 0 N–H and O–H groups in total. The number of urea groups is 1. The summed E-state index contributed by atoms with van der Waals surface area (Å²) in [6.45, 7) is 7.53. The maximum absolute atomic E-state index is 13.5. The number of nitrogens with zero attached hydrogens (tertiary/aromatic N) is 5. The second-order valence-corrected chi connectivity index (χ2v) is 10.5. The fourth-order valence-electron chi connectivity index (χ4n) is 6.04. The molecule has 3 aliphatic heterocycles. The third-order valence-corrected chi connectivity index (χ3v) is 8.18. The molecule has 1 unspecified atom stereocenters. The second-order valence-electron chi connectivity index (χ2n) is 10.5. The smallest absolute Gasteiger partial charge is 0.324 e. The van der Waals surface area contributed by atoms with Crippen molar-refractivity contribution in [3.05, 3.63) is 59.4 Å². The van der Waals surface area contributed by atoms with Gasteiger partial charge in [0.25, 0.3) is 0 Å². The maximum atomic E-state index is 13.5. The number of hydrogen-bond donors (Lipinski definition) is 0. The van der Waals surface area contributed by atoms with Crippen LogP contribution in [0.2, 0.25) is 0 Å². The van der Waals surface area contributed by atoms with Gasteiger partial charge in [-0.2, -0.15) is 0 Å². The van der Waals surface area contributed by atoms with E-state index in [0.29, 0.717) is 13.0 Å². The lowest BCUT2D eigenvalue weighted by Gasteiger charge is -2.40. The van der Waals surface area contributed by atoms with Crippen molar-refractivity contribution in [2.45, 2.75) is 51.1 Å². The quantitative estimate of drug-likeness (QED) is 0.419. The van der Waals surface area contributed by atoms with Crippen LogP contribution in [0.1, 0.15) is 48.9 Å². The first kappa shape index (κ1) is 34.1. The van der Waals surface area contributed by atoms with E-state index in [4.69, 9.17) is 4.74 Å². The van der Waals surface area contributed by atoms with Gasteiger partial charge in [-0.1, -0.05) is 12.1 Å². The summed E-state index contributed by atoms with van der Waals surface area (Å²) in [7, 11) is 2.18. The van der Waals surface area contributed by atoms with E-state index in [1.165, 1.54) is 11.1 Å². The molecule has 8 nitrogen and oxygen atoms in total. The van der Waals surface area contributed by atoms with Gasteiger partial charge in [-0.3, -0.25) is 19.6 Å². The molecule has 2 fully saturated rings. The lowest BCUT2D eigenvalue weighted by Crippen LogP contribution is -2.47. The van der Waals surface area contributed by atoms with E-state index in [2.05, 4.69) is 44.9 Å². The highest BCUT2D eigenvalue weighted by molar-refractivity contribution is 5.94. The van der Waals surface area contributed by atoms with Gasteiger partial charge >= 0.3 is 12.0 Å². The Morgan fingerprint density at radius 1 is 1.00 bits per heavy atom. The number of likely N-dealkylation sites (tertiary alicyclic amines) is 1. The van der Waals surface area contributed by atoms with Gasteiger partial charge in [-0.25, -0.2) is 4.79 Å². The highest BCUT2D eigenvalue weighted by Gasteiger charge is 2.37. The van der Waals surface area contributed by atoms with Gasteiger partial charge in [0, 0.05) is 69.4 Å². The van der Waals surface area contributed by atoms with Crippen LogP contribution in [0.5, 0.6) is 0 Å². The van der Waals surface area contributed by atoms with Gasteiger partial charge in [-0.15, -0.1) is 37.2 Å². The number of fused-ring (bicyclic) bond motifs is 1. The highest BCUT2D eigenvalue weighted by atomic mass is 35.5. The van der Waals surface area contributed by atoms with Crippen LogP contribution >= 0.6 is 37.2 Å². The Bertz CT molecular complexity index is 1100. The first-order chi connectivity index (χ1) is 18.0. The highest BCUT2D eigenvalue weighted by Crippen LogP contribution is 2.32. The molecule has 11 heteroatoms. The average Bonchev–Trinajstić information content (AvgIpc) is 3.21. The number of benzene rings is 1. The van der Waals surface area contributed by atoms with Gasteiger partial charge in [-0.05, 0) is 74.5 Å². The van der Waals surface area contributed by atoms with Crippen LogP contribution in [0, 0.1) is 0 Å². The topological polar surface area (TPSA) is 69.2 Å². The van der Waals surface area contributed by atoms with Gasteiger partial charge < -0.3 is 14.5 Å². The molecule has 4 heterocycles. The first-order valence-electron chi connectivity index (χ1n) is 13.7. The third kappa shape index (κ3) is 7.79. The van der Waals surface area contributed by atoms with E-state index in [-0.39, 0.29) is 61.3 Å². The molecule has 1 aromatic carbocycles. The molecule has 2 aromatic rings. The summed E-state index contributed by atoms with van der Waals surface area (Å²) < 4.78 is 5.26. The lowest BCUT2D eigenvalue weighted by molar-refractivity contribution is -0.144. The number of esters is 1. The van der Waals surface area contributed by atoms with Crippen molar-refractivity contribution in [3.63, 3.8) is 0 Å². The fourth-order valence-corrected chi connectivity index (χ4v) is 6.04. The number of piperidine rings is 1. The van der Waals surface area contributed by atoms with Gasteiger partial charge in [0.05, 0.1) is 13.0 Å². The molecule has 0 bridgehead atoms. The maximum Gasteiger partial charge on any atom is 0.324 e. The first-order valence-corrected chi connectivity index (χ1v) is 13.7. The summed E-state index contributed by atoms with van der Waals surface area (Å²) in [5.74, 6) is -0.184. The number of hydrogen-bond acceptors (Lipinski definition) is 6. The zero-order valence-corrected chi connectivity index (χ0v) is 25.8. The monoisotopic (exact) mass is 613 g/mol. The van der Waals surface area contributed by atoms with Gasteiger partial charge in [0.1, 0.15) is 0 Å². The molecule has 3 aliphatic rings. The molecule has 1 aromatic heterocycles. The summed E-state index contributed by atoms with van der Waals surface area (Å²) >= 11 is 0. The lowest BCUT2D eigenvalue weighted by atomic mass is 9.97. The normalized spacial score (nSPS) is 19.0. The summed E-state index contributed by atoms with van der Waals surface area (Å²) in [5.41, 5.74) is 4.85. The summed E-state index contributed by atoms with van der Waals surface area (Å²) in [6, 6.07) is 10.8. The Balaban J connectivity index is 0.00000187. The minimum atomic E-state index is -0.184. The zero-order chi connectivity index (χ0) is 25.8. The number of likely N-dealkylation sites (N-methyl/N-ethyl adjacent to an activating group) is 1. The number of anilines is 1. The van der Waals surface area contributed by atoms with Crippen molar-refractivity contribution in [3.8, 4) is 0 Å². The summed E-state index contributed by atoms with van der Waals surface area (Å²) in [6.07, 6.45) is 7.82. The Morgan fingerprint density at radius 3 is 2.40 bits per heavy atom. The third-order valence-electron chi connectivity index (χ3n) is 8.18. The number of carbonyl (C=O) groups excluding carboxylic acids is 2. The Morgan fingerprint density at radius 2 is 1.73 bits per heavy atom. The standard InChI is InChI=1S/C29H39N5O3.3ClH/c1-3-37-28(35)20-27(24-5-4-12-30-21-24)32-15-10-25(11-16-32)33-17-18-34(29(33)36)26-7-6-22-8-13-31(2)14-9-23(22)19-26;;;/h4-7,12,19,21,25,27H,3,8-11,13-18,20H2,1-2H3;3*1H.